The van der Waals surface area contributed by atoms with Crippen LogP contribution in [0.15, 0.2) is 23.0 Å². The van der Waals surface area contributed by atoms with Crippen LogP contribution in [0.5, 0.6) is 0 Å². The van der Waals surface area contributed by atoms with Gasteiger partial charge in [0.2, 0.25) is 0 Å². The summed E-state index contributed by atoms with van der Waals surface area (Å²) in [5.74, 6) is 0.137. The minimum atomic E-state index is -0.0362. The summed E-state index contributed by atoms with van der Waals surface area (Å²) in [6, 6.07) is 2.01. The van der Waals surface area contributed by atoms with Crippen molar-refractivity contribution < 1.29 is 4.79 Å². The third-order valence-corrected chi connectivity index (χ3v) is 2.89. The Morgan fingerprint density at radius 3 is 2.41 bits per heavy atom. The highest BCUT2D eigenvalue weighted by atomic mass is 35.5. The Morgan fingerprint density at radius 2 is 1.95 bits per heavy atom. The second-order valence-corrected chi connectivity index (χ2v) is 5.04. The number of nitrogens with one attached hydrogen (secondary N) is 1. The van der Waals surface area contributed by atoms with Gasteiger partial charge in [-0.15, -0.1) is 12.4 Å². The number of allylic oxidation sites excluding steroid dienone is 2. The summed E-state index contributed by atoms with van der Waals surface area (Å²) in [6.45, 7) is 7.96. The molecule has 1 aromatic heterocycles. The molecule has 4 nitrogen and oxygen atoms in total. The highest BCUT2D eigenvalue weighted by Crippen LogP contribution is 2.07. The van der Waals surface area contributed by atoms with E-state index in [0.717, 1.165) is 42.5 Å². The van der Waals surface area contributed by atoms with Crippen LogP contribution in [0.1, 0.15) is 56.9 Å². The second kappa shape index (κ2) is 13.3. The smallest absolute Gasteiger partial charge is 0.252 e. The van der Waals surface area contributed by atoms with Gasteiger partial charge in [0, 0.05) is 17.8 Å². The molecule has 1 aromatic rings. The molecular weight excluding hydrogens is 300 g/mol. The van der Waals surface area contributed by atoms with E-state index in [1.165, 1.54) is 0 Å². The van der Waals surface area contributed by atoms with E-state index in [1.54, 1.807) is 13.0 Å². The zero-order chi connectivity index (χ0) is 16.3. The maximum atomic E-state index is 11.4. The lowest BCUT2D eigenvalue weighted by Gasteiger charge is -2.06. The van der Waals surface area contributed by atoms with Crippen molar-refractivity contribution in [2.24, 2.45) is 5.73 Å². The van der Waals surface area contributed by atoms with Crippen LogP contribution in [0.25, 0.3) is 0 Å². The quantitative estimate of drug-likeness (QED) is 0.785. The molecule has 0 spiro atoms. The third kappa shape index (κ3) is 9.53. The number of rotatable bonds is 6. The number of H-pyrrole nitrogens is 1. The van der Waals surface area contributed by atoms with Gasteiger partial charge >= 0.3 is 0 Å². The molecule has 22 heavy (non-hydrogen) atoms. The van der Waals surface area contributed by atoms with Gasteiger partial charge in [-0.1, -0.05) is 32.8 Å². The van der Waals surface area contributed by atoms with Gasteiger partial charge in [0.1, 0.15) is 0 Å². The van der Waals surface area contributed by atoms with Crippen molar-refractivity contribution in [2.75, 3.05) is 0 Å². The van der Waals surface area contributed by atoms with Gasteiger partial charge in [0.25, 0.3) is 5.56 Å². The molecule has 3 N–H and O–H groups in total. The Balaban J connectivity index is 0. The molecule has 0 radical (unpaired) electrons. The van der Waals surface area contributed by atoms with Gasteiger partial charge in [-0.2, -0.15) is 0 Å². The number of carbonyl (C=O) groups is 1. The number of carbonyl (C=O) groups excluding carboxylic acids is 1. The minimum absolute atomic E-state index is 0. The van der Waals surface area contributed by atoms with Crippen molar-refractivity contribution in [3.05, 3.63) is 45.4 Å². The summed E-state index contributed by atoms with van der Waals surface area (Å²) in [7, 11) is 0. The van der Waals surface area contributed by atoms with Crippen LogP contribution in [-0.4, -0.2) is 10.8 Å². The number of aromatic nitrogens is 1. The van der Waals surface area contributed by atoms with Crippen molar-refractivity contribution in [3.8, 4) is 0 Å². The Labute approximate surface area is 139 Å². The van der Waals surface area contributed by atoms with Crippen molar-refractivity contribution in [2.45, 2.75) is 59.9 Å². The monoisotopic (exact) mass is 328 g/mol. The molecule has 0 fully saturated rings. The first kappa shape index (κ1) is 22.9. The van der Waals surface area contributed by atoms with Crippen LogP contribution in [0, 0.1) is 6.92 Å². The van der Waals surface area contributed by atoms with Crippen molar-refractivity contribution >= 4 is 18.2 Å². The van der Waals surface area contributed by atoms with Crippen molar-refractivity contribution in [1.82, 2.24) is 4.98 Å². The van der Waals surface area contributed by atoms with Crippen molar-refractivity contribution in [1.29, 1.82) is 0 Å². The Hall–Kier alpha value is -1.39. The number of unbranched alkanes of at least 4 members (excludes halogenated alkanes) is 1. The lowest BCUT2D eigenvalue weighted by Crippen LogP contribution is -2.19. The third-order valence-electron chi connectivity index (χ3n) is 2.89. The molecule has 0 aliphatic heterocycles. The summed E-state index contributed by atoms with van der Waals surface area (Å²) in [4.78, 5) is 24.4. The molecular formula is C17H29ClN2O2. The van der Waals surface area contributed by atoms with Gasteiger partial charge < -0.3 is 10.7 Å². The van der Waals surface area contributed by atoms with Crippen LogP contribution in [0.4, 0.5) is 0 Å². The number of ketones is 1. The summed E-state index contributed by atoms with van der Waals surface area (Å²) < 4.78 is 0. The highest BCUT2D eigenvalue weighted by Gasteiger charge is 2.05. The van der Waals surface area contributed by atoms with E-state index >= 15 is 0 Å². The molecule has 0 unspecified atom stereocenters. The molecule has 1 rings (SSSR count). The summed E-state index contributed by atoms with van der Waals surface area (Å²) in [6.07, 6.45) is 7.61. The Morgan fingerprint density at radius 1 is 1.32 bits per heavy atom. The largest absolute Gasteiger partial charge is 0.326 e. The molecule has 0 atom stereocenters. The van der Waals surface area contributed by atoms with Gasteiger partial charge in [-0.25, -0.2) is 0 Å². The van der Waals surface area contributed by atoms with Crippen LogP contribution < -0.4 is 11.3 Å². The maximum absolute atomic E-state index is 11.4. The molecule has 0 saturated carbocycles. The van der Waals surface area contributed by atoms with E-state index in [2.05, 4.69) is 18.8 Å². The first-order valence-corrected chi connectivity index (χ1v) is 7.55. The van der Waals surface area contributed by atoms with Gasteiger partial charge in [0.05, 0.1) is 0 Å². The molecule has 126 valence electrons. The Bertz CT molecular complexity index is 522. The molecule has 0 aromatic carbocycles. The van der Waals surface area contributed by atoms with Crippen LogP contribution in [0.3, 0.4) is 0 Å². The average Bonchev–Trinajstić information content (AvgIpc) is 2.39. The van der Waals surface area contributed by atoms with Crippen molar-refractivity contribution in [3.63, 3.8) is 0 Å². The van der Waals surface area contributed by atoms with Gasteiger partial charge in [-0.3, -0.25) is 9.59 Å². The lowest BCUT2D eigenvalue weighted by atomic mass is 10.0. The van der Waals surface area contributed by atoms with Crippen LogP contribution >= 0.6 is 12.4 Å². The van der Waals surface area contributed by atoms with Crippen LogP contribution in [0.2, 0.25) is 0 Å². The normalized spacial score (nSPS) is 9.86. The zero-order valence-corrected chi connectivity index (χ0v) is 14.9. The first-order valence-electron chi connectivity index (χ1n) is 7.55. The standard InChI is InChI=1S/C10H16N2O.C7H12O.ClH/c1-3-4-8-5-7(2)12-10(13)9(8)6-11;1-3-4-5-6-7(2)8;/h5H,3-4,6,11H2,1-2H3,(H,12,13);5-6H,3-4H2,1-2H3;1H/b;6-5+;. The van der Waals surface area contributed by atoms with Crippen LogP contribution in [-0.2, 0) is 17.8 Å². The zero-order valence-electron chi connectivity index (χ0n) is 14.1. The topological polar surface area (TPSA) is 76.0 Å². The molecule has 0 aliphatic carbocycles. The predicted molar refractivity (Wildman–Crippen MR) is 95.7 cm³/mol. The number of pyridine rings is 1. The van der Waals surface area contributed by atoms with E-state index in [4.69, 9.17) is 5.73 Å². The van der Waals surface area contributed by atoms with E-state index < -0.39 is 0 Å². The maximum Gasteiger partial charge on any atom is 0.252 e. The van der Waals surface area contributed by atoms with E-state index in [-0.39, 0.29) is 23.7 Å². The molecule has 0 bridgehead atoms. The molecule has 1 heterocycles. The fourth-order valence-corrected chi connectivity index (χ4v) is 1.92. The van der Waals surface area contributed by atoms with E-state index in [9.17, 15) is 9.59 Å². The fourth-order valence-electron chi connectivity index (χ4n) is 1.92. The molecule has 0 aliphatic rings. The highest BCUT2D eigenvalue weighted by molar-refractivity contribution is 5.87. The lowest BCUT2D eigenvalue weighted by molar-refractivity contribution is -0.112. The van der Waals surface area contributed by atoms with Gasteiger partial charge in [-0.05, 0) is 44.4 Å². The van der Waals surface area contributed by atoms with E-state index in [1.807, 2.05) is 19.1 Å². The fraction of sp³-hybridized carbons (Fsp3) is 0.529. The molecule has 5 heteroatoms. The SMILES string of the molecule is CCC/C=C/C(C)=O.CCCc1cc(C)[nH]c(=O)c1CN.Cl. The number of hydrogen-bond donors (Lipinski definition) is 2. The first-order chi connectivity index (χ1) is 9.96. The average molecular weight is 329 g/mol. The summed E-state index contributed by atoms with van der Waals surface area (Å²) in [5.41, 5.74) is 8.20. The second-order valence-electron chi connectivity index (χ2n) is 5.04. The number of aryl methyl sites for hydroxylation is 2. The number of hydrogen-bond acceptors (Lipinski definition) is 3. The summed E-state index contributed by atoms with van der Waals surface area (Å²) >= 11 is 0. The molecule has 0 amide bonds. The predicted octanol–water partition coefficient (Wildman–Crippen LogP) is 3.45. The molecule has 0 saturated heterocycles. The number of aromatic amines is 1. The number of halogens is 1. The van der Waals surface area contributed by atoms with Gasteiger partial charge in [0.15, 0.2) is 5.78 Å². The van der Waals surface area contributed by atoms with E-state index in [0.29, 0.717) is 6.54 Å². The Kier molecular flexibility index (Phi) is 13.8. The number of nitrogens with two attached hydrogens (primary N) is 1. The summed E-state index contributed by atoms with van der Waals surface area (Å²) in [5, 5.41) is 0. The minimum Gasteiger partial charge on any atom is -0.326 e.